The number of hydrogen-bond acceptors (Lipinski definition) is 4. The molecule has 0 unspecified atom stereocenters. The second-order valence-corrected chi connectivity index (χ2v) is 7.35. The van der Waals surface area contributed by atoms with Gasteiger partial charge in [-0.1, -0.05) is 20.8 Å². The van der Waals surface area contributed by atoms with E-state index in [1.807, 2.05) is 0 Å². The van der Waals surface area contributed by atoms with E-state index in [-0.39, 0.29) is 11.0 Å². The first-order chi connectivity index (χ1) is 10.1. The zero-order valence-electron chi connectivity index (χ0n) is 15.2. The third kappa shape index (κ3) is 5.33. The summed E-state index contributed by atoms with van der Waals surface area (Å²) in [6.45, 7) is 12.0. The standard InChI is InChI=1S/C16H31N5O/c1-15(2,3)12-9-18-13(22-12)10-19-14(17-6)20-11-16(4,5)21(7)8/h9H,10-11H2,1-8H3,(H2,17,19,20). The number of guanidine groups is 1. The third-order valence-electron chi connectivity index (χ3n) is 3.82. The molecule has 126 valence electrons. The maximum Gasteiger partial charge on any atom is 0.213 e. The van der Waals surface area contributed by atoms with Crippen molar-refractivity contribution in [3.63, 3.8) is 0 Å². The summed E-state index contributed by atoms with van der Waals surface area (Å²) in [6.07, 6.45) is 1.79. The van der Waals surface area contributed by atoms with Crippen LogP contribution in [-0.4, -0.2) is 49.1 Å². The number of nitrogens with one attached hydrogen (secondary N) is 2. The van der Waals surface area contributed by atoms with Crippen molar-refractivity contribution >= 4 is 5.96 Å². The molecule has 0 spiro atoms. The SMILES string of the molecule is CN=C(NCc1ncc(C(C)(C)C)o1)NCC(C)(C)N(C)C. The summed E-state index contributed by atoms with van der Waals surface area (Å²) in [4.78, 5) is 10.7. The van der Waals surface area contributed by atoms with Gasteiger partial charge in [-0.05, 0) is 27.9 Å². The molecule has 0 saturated heterocycles. The van der Waals surface area contributed by atoms with E-state index in [1.54, 1.807) is 13.2 Å². The van der Waals surface area contributed by atoms with Crippen LogP contribution in [-0.2, 0) is 12.0 Å². The van der Waals surface area contributed by atoms with E-state index in [1.165, 1.54) is 0 Å². The predicted molar refractivity (Wildman–Crippen MR) is 91.2 cm³/mol. The second-order valence-electron chi connectivity index (χ2n) is 7.35. The smallest absolute Gasteiger partial charge is 0.213 e. The fourth-order valence-electron chi connectivity index (χ4n) is 1.58. The van der Waals surface area contributed by atoms with Gasteiger partial charge in [0, 0.05) is 24.5 Å². The highest BCUT2D eigenvalue weighted by molar-refractivity contribution is 5.79. The van der Waals surface area contributed by atoms with Crippen LogP contribution in [0.3, 0.4) is 0 Å². The summed E-state index contributed by atoms with van der Waals surface area (Å²) in [7, 11) is 5.89. The van der Waals surface area contributed by atoms with Crippen LogP contribution in [0.15, 0.2) is 15.6 Å². The Morgan fingerprint density at radius 1 is 1.23 bits per heavy atom. The van der Waals surface area contributed by atoms with Crippen LogP contribution >= 0.6 is 0 Å². The third-order valence-corrected chi connectivity index (χ3v) is 3.82. The van der Waals surface area contributed by atoms with Crippen molar-refractivity contribution in [3.05, 3.63) is 17.8 Å². The lowest BCUT2D eigenvalue weighted by Crippen LogP contribution is -2.50. The maximum atomic E-state index is 5.76. The molecular formula is C16H31N5O. The van der Waals surface area contributed by atoms with Gasteiger partial charge in [-0.3, -0.25) is 4.99 Å². The fraction of sp³-hybridized carbons (Fsp3) is 0.750. The molecule has 0 atom stereocenters. The van der Waals surface area contributed by atoms with Crippen molar-refractivity contribution in [2.75, 3.05) is 27.7 Å². The Balaban J connectivity index is 2.53. The molecule has 0 aliphatic carbocycles. The van der Waals surface area contributed by atoms with Gasteiger partial charge in [-0.25, -0.2) is 4.98 Å². The van der Waals surface area contributed by atoms with Gasteiger partial charge in [0.2, 0.25) is 5.89 Å². The molecule has 6 heteroatoms. The Morgan fingerprint density at radius 2 is 1.86 bits per heavy atom. The van der Waals surface area contributed by atoms with Crippen molar-refractivity contribution in [3.8, 4) is 0 Å². The summed E-state index contributed by atoms with van der Waals surface area (Å²) in [5.74, 6) is 2.30. The lowest BCUT2D eigenvalue weighted by atomic mass is 9.94. The Bertz CT molecular complexity index is 497. The van der Waals surface area contributed by atoms with Crippen molar-refractivity contribution < 1.29 is 4.42 Å². The van der Waals surface area contributed by atoms with Crippen LogP contribution in [0.4, 0.5) is 0 Å². The van der Waals surface area contributed by atoms with E-state index in [0.717, 1.165) is 18.3 Å². The number of aromatic nitrogens is 1. The van der Waals surface area contributed by atoms with Crippen molar-refractivity contribution in [1.82, 2.24) is 20.5 Å². The molecule has 0 amide bonds. The van der Waals surface area contributed by atoms with Crippen LogP contribution in [0.25, 0.3) is 0 Å². The van der Waals surface area contributed by atoms with Gasteiger partial charge in [0.15, 0.2) is 5.96 Å². The summed E-state index contributed by atoms with van der Waals surface area (Å²) in [6, 6.07) is 0. The van der Waals surface area contributed by atoms with E-state index < -0.39 is 0 Å². The molecule has 0 radical (unpaired) electrons. The zero-order chi connectivity index (χ0) is 17.0. The minimum atomic E-state index is -0.0269. The molecule has 0 aliphatic rings. The van der Waals surface area contributed by atoms with E-state index >= 15 is 0 Å². The summed E-state index contributed by atoms with van der Waals surface area (Å²) in [5, 5.41) is 6.55. The molecule has 1 heterocycles. The van der Waals surface area contributed by atoms with Crippen molar-refractivity contribution in [1.29, 1.82) is 0 Å². The van der Waals surface area contributed by atoms with Gasteiger partial charge >= 0.3 is 0 Å². The van der Waals surface area contributed by atoms with Crippen LogP contribution in [0.1, 0.15) is 46.3 Å². The molecule has 0 aromatic carbocycles. The van der Waals surface area contributed by atoms with Gasteiger partial charge in [0.1, 0.15) is 5.76 Å². The van der Waals surface area contributed by atoms with Gasteiger partial charge in [0.05, 0.1) is 12.7 Å². The van der Waals surface area contributed by atoms with Gasteiger partial charge in [0.25, 0.3) is 0 Å². The number of rotatable bonds is 5. The molecule has 6 nitrogen and oxygen atoms in total. The van der Waals surface area contributed by atoms with E-state index in [0.29, 0.717) is 12.4 Å². The van der Waals surface area contributed by atoms with Crippen molar-refractivity contribution in [2.24, 2.45) is 4.99 Å². The van der Waals surface area contributed by atoms with Crippen molar-refractivity contribution in [2.45, 2.75) is 52.1 Å². The normalized spacial score (nSPS) is 13.6. The van der Waals surface area contributed by atoms with Gasteiger partial charge < -0.3 is 20.0 Å². The van der Waals surface area contributed by atoms with Gasteiger partial charge in [-0.15, -0.1) is 0 Å². The largest absolute Gasteiger partial charge is 0.443 e. The Labute approximate surface area is 134 Å². The Kier molecular flexibility index (Phi) is 6.00. The van der Waals surface area contributed by atoms with Crippen LogP contribution in [0, 0.1) is 0 Å². The maximum absolute atomic E-state index is 5.76. The summed E-state index contributed by atoms with van der Waals surface area (Å²) in [5.41, 5.74) is 0.0147. The minimum absolute atomic E-state index is 0.0269. The molecule has 2 N–H and O–H groups in total. The number of hydrogen-bond donors (Lipinski definition) is 2. The zero-order valence-corrected chi connectivity index (χ0v) is 15.2. The molecule has 0 fully saturated rings. The number of likely N-dealkylation sites (N-methyl/N-ethyl adjacent to an activating group) is 1. The highest BCUT2D eigenvalue weighted by Gasteiger charge is 2.21. The molecule has 1 rings (SSSR count). The first-order valence-corrected chi connectivity index (χ1v) is 7.63. The van der Waals surface area contributed by atoms with Gasteiger partial charge in [-0.2, -0.15) is 0 Å². The second kappa shape index (κ2) is 7.13. The van der Waals surface area contributed by atoms with Crippen LogP contribution in [0.5, 0.6) is 0 Å². The number of oxazole rings is 1. The quantitative estimate of drug-likeness (QED) is 0.643. The molecule has 1 aromatic heterocycles. The molecule has 0 saturated carbocycles. The first kappa shape index (κ1) is 18.5. The van der Waals surface area contributed by atoms with Crippen LogP contribution in [0.2, 0.25) is 0 Å². The molecule has 0 bridgehead atoms. The molecule has 22 heavy (non-hydrogen) atoms. The number of aliphatic imine (C=N–C) groups is 1. The average molecular weight is 309 g/mol. The number of nitrogens with zero attached hydrogens (tertiary/aromatic N) is 3. The highest BCUT2D eigenvalue weighted by atomic mass is 16.4. The molecule has 0 aliphatic heterocycles. The molecular weight excluding hydrogens is 278 g/mol. The predicted octanol–water partition coefficient (Wildman–Crippen LogP) is 1.98. The minimum Gasteiger partial charge on any atom is -0.443 e. The summed E-state index contributed by atoms with van der Waals surface area (Å²) >= 11 is 0. The monoisotopic (exact) mass is 309 g/mol. The van der Waals surface area contributed by atoms with E-state index in [9.17, 15) is 0 Å². The lowest BCUT2D eigenvalue weighted by Gasteiger charge is -2.33. The first-order valence-electron chi connectivity index (χ1n) is 7.63. The molecule has 1 aromatic rings. The average Bonchev–Trinajstić information content (AvgIpc) is 2.87. The highest BCUT2D eigenvalue weighted by Crippen LogP contribution is 2.22. The fourth-order valence-corrected chi connectivity index (χ4v) is 1.58. The summed E-state index contributed by atoms with van der Waals surface area (Å²) < 4.78 is 5.76. The Morgan fingerprint density at radius 3 is 2.32 bits per heavy atom. The topological polar surface area (TPSA) is 65.7 Å². The van der Waals surface area contributed by atoms with E-state index in [2.05, 4.69) is 74.2 Å². The Hall–Kier alpha value is -1.56. The lowest BCUT2D eigenvalue weighted by molar-refractivity contribution is 0.197. The van der Waals surface area contributed by atoms with Crippen LogP contribution < -0.4 is 10.6 Å². The van der Waals surface area contributed by atoms with E-state index in [4.69, 9.17) is 4.42 Å².